The fraction of sp³-hybridized carbons (Fsp3) is 0.438. The van der Waals surface area contributed by atoms with E-state index in [1.807, 2.05) is 6.07 Å². The Morgan fingerprint density at radius 2 is 1.92 bits per heavy atom. The molecule has 0 aliphatic heterocycles. The lowest BCUT2D eigenvalue weighted by atomic mass is 10.2. The smallest absolute Gasteiger partial charge is 0.321 e. The van der Waals surface area contributed by atoms with Crippen LogP contribution in [0.15, 0.2) is 29.2 Å². The molecular weight excluding hydrogens is 352 g/mol. The van der Waals surface area contributed by atoms with Crippen molar-refractivity contribution in [2.45, 2.75) is 36.6 Å². The molecule has 130 valence electrons. The molecule has 0 spiro atoms. The number of ether oxygens (including phenoxy) is 1. The van der Waals surface area contributed by atoms with E-state index in [0.29, 0.717) is 5.02 Å². The number of imide groups is 1. The topological polar surface area (TPSA) is 84.5 Å². The van der Waals surface area contributed by atoms with E-state index >= 15 is 0 Å². The molecule has 0 radical (unpaired) electrons. The van der Waals surface area contributed by atoms with E-state index in [1.165, 1.54) is 11.8 Å². The number of esters is 1. The van der Waals surface area contributed by atoms with Gasteiger partial charge in [0.05, 0.1) is 10.8 Å². The molecule has 1 aromatic rings. The zero-order valence-electron chi connectivity index (χ0n) is 13.0. The minimum absolute atomic E-state index is 0.0330. The van der Waals surface area contributed by atoms with Crippen molar-refractivity contribution in [1.29, 1.82) is 0 Å². The maximum atomic E-state index is 11.6. The summed E-state index contributed by atoms with van der Waals surface area (Å²) in [7, 11) is 0. The van der Waals surface area contributed by atoms with Gasteiger partial charge in [-0.05, 0) is 25.0 Å². The van der Waals surface area contributed by atoms with Crippen molar-refractivity contribution in [1.82, 2.24) is 10.6 Å². The van der Waals surface area contributed by atoms with E-state index < -0.39 is 24.5 Å². The number of halogens is 1. The Balaban J connectivity index is 1.63. The van der Waals surface area contributed by atoms with Crippen LogP contribution in [0.5, 0.6) is 0 Å². The zero-order chi connectivity index (χ0) is 17.4. The minimum Gasteiger partial charge on any atom is -0.455 e. The normalized spacial score (nSPS) is 14.2. The van der Waals surface area contributed by atoms with E-state index in [2.05, 4.69) is 10.6 Å². The van der Waals surface area contributed by atoms with Gasteiger partial charge in [0.2, 0.25) is 0 Å². The van der Waals surface area contributed by atoms with Crippen molar-refractivity contribution in [2.75, 3.05) is 12.4 Å². The summed E-state index contributed by atoms with van der Waals surface area (Å²) in [5, 5.41) is 5.42. The molecule has 3 amide bonds. The molecule has 2 rings (SSSR count). The number of hydrogen-bond acceptors (Lipinski definition) is 5. The number of hydrogen-bond donors (Lipinski definition) is 2. The number of nitrogens with one attached hydrogen (secondary N) is 2. The van der Waals surface area contributed by atoms with Gasteiger partial charge in [0, 0.05) is 10.9 Å². The third kappa shape index (κ3) is 6.41. The highest BCUT2D eigenvalue weighted by atomic mass is 35.5. The Morgan fingerprint density at radius 3 is 2.62 bits per heavy atom. The Labute approximate surface area is 149 Å². The van der Waals surface area contributed by atoms with Crippen molar-refractivity contribution in [3.8, 4) is 0 Å². The predicted octanol–water partition coefficient (Wildman–Crippen LogP) is 2.74. The lowest BCUT2D eigenvalue weighted by molar-refractivity contribution is -0.145. The highest BCUT2D eigenvalue weighted by Crippen LogP contribution is 2.26. The monoisotopic (exact) mass is 370 g/mol. The molecule has 0 unspecified atom stereocenters. The van der Waals surface area contributed by atoms with E-state index in [-0.39, 0.29) is 11.8 Å². The van der Waals surface area contributed by atoms with E-state index in [0.717, 1.165) is 30.6 Å². The number of carbonyl (C=O) groups is 3. The van der Waals surface area contributed by atoms with E-state index in [4.69, 9.17) is 16.3 Å². The number of benzene rings is 1. The third-order valence-corrected chi connectivity index (χ3v) is 4.98. The molecule has 8 heteroatoms. The van der Waals surface area contributed by atoms with Gasteiger partial charge < -0.3 is 10.1 Å². The maximum absolute atomic E-state index is 11.6. The quantitative estimate of drug-likeness (QED) is 0.594. The summed E-state index contributed by atoms with van der Waals surface area (Å²) in [6.07, 6.45) is 4.02. The van der Waals surface area contributed by atoms with Crippen molar-refractivity contribution >= 4 is 41.3 Å². The van der Waals surface area contributed by atoms with Gasteiger partial charge in [0.25, 0.3) is 5.91 Å². The first-order chi connectivity index (χ1) is 11.5. The van der Waals surface area contributed by atoms with E-state index in [1.54, 1.807) is 18.2 Å². The average molecular weight is 371 g/mol. The van der Waals surface area contributed by atoms with Gasteiger partial charge in [-0.3, -0.25) is 14.9 Å². The van der Waals surface area contributed by atoms with E-state index in [9.17, 15) is 14.4 Å². The molecule has 1 fully saturated rings. The van der Waals surface area contributed by atoms with Crippen LogP contribution < -0.4 is 10.6 Å². The van der Waals surface area contributed by atoms with Gasteiger partial charge in [0.15, 0.2) is 6.61 Å². The number of amides is 3. The number of thioether (sulfide) groups is 1. The molecular formula is C16H19ClN2O4S. The van der Waals surface area contributed by atoms with Gasteiger partial charge in [-0.1, -0.05) is 36.6 Å². The molecule has 1 aromatic carbocycles. The zero-order valence-corrected chi connectivity index (χ0v) is 14.6. The summed E-state index contributed by atoms with van der Waals surface area (Å²) in [6, 6.07) is 6.70. The van der Waals surface area contributed by atoms with Gasteiger partial charge >= 0.3 is 12.0 Å². The largest absolute Gasteiger partial charge is 0.455 e. The van der Waals surface area contributed by atoms with Gasteiger partial charge in [-0.2, -0.15) is 0 Å². The van der Waals surface area contributed by atoms with Crippen LogP contribution >= 0.6 is 23.4 Å². The third-order valence-electron chi connectivity index (χ3n) is 3.49. The molecule has 6 nitrogen and oxygen atoms in total. The molecule has 0 saturated heterocycles. The molecule has 2 N–H and O–H groups in total. The highest BCUT2D eigenvalue weighted by Gasteiger charge is 2.18. The molecule has 1 saturated carbocycles. The maximum Gasteiger partial charge on any atom is 0.321 e. The van der Waals surface area contributed by atoms with Crippen molar-refractivity contribution in [2.24, 2.45) is 0 Å². The first-order valence-corrected chi connectivity index (χ1v) is 9.04. The Bertz CT molecular complexity index is 605. The molecule has 1 aliphatic carbocycles. The highest BCUT2D eigenvalue weighted by molar-refractivity contribution is 8.00. The molecule has 0 aromatic heterocycles. The predicted molar refractivity (Wildman–Crippen MR) is 92.1 cm³/mol. The van der Waals surface area contributed by atoms with Crippen molar-refractivity contribution in [3.05, 3.63) is 29.3 Å². The van der Waals surface area contributed by atoms with Crippen molar-refractivity contribution < 1.29 is 19.1 Å². The van der Waals surface area contributed by atoms with Crippen LogP contribution in [0.25, 0.3) is 0 Å². The lowest BCUT2D eigenvalue weighted by Crippen LogP contribution is -2.45. The SMILES string of the molecule is O=C(COC(=O)CSc1ccccc1Cl)NC(=O)NC1CCCC1. The average Bonchev–Trinajstić information content (AvgIpc) is 3.05. The Hall–Kier alpha value is -1.73. The Kier molecular flexibility index (Phi) is 7.39. The van der Waals surface area contributed by atoms with Gasteiger partial charge in [-0.15, -0.1) is 11.8 Å². The molecule has 0 bridgehead atoms. The van der Waals surface area contributed by atoms with Crippen molar-refractivity contribution in [3.63, 3.8) is 0 Å². The summed E-state index contributed by atoms with van der Waals surface area (Å²) < 4.78 is 4.84. The summed E-state index contributed by atoms with van der Waals surface area (Å²) in [4.78, 5) is 35.6. The molecule has 1 aliphatic rings. The number of urea groups is 1. The molecule has 0 heterocycles. The standard InChI is InChI=1S/C16H19ClN2O4S/c17-12-7-3-4-8-13(12)24-10-15(21)23-9-14(20)19-16(22)18-11-5-1-2-6-11/h3-4,7-8,11H,1-2,5-6,9-10H2,(H2,18,19,20,22). The molecule has 24 heavy (non-hydrogen) atoms. The Morgan fingerprint density at radius 1 is 1.21 bits per heavy atom. The van der Waals surface area contributed by atoms with Crippen LogP contribution in [0.1, 0.15) is 25.7 Å². The lowest BCUT2D eigenvalue weighted by Gasteiger charge is -2.12. The van der Waals surface area contributed by atoms with Crippen LogP contribution in [0.3, 0.4) is 0 Å². The van der Waals surface area contributed by atoms with Crippen LogP contribution in [0.2, 0.25) is 5.02 Å². The number of rotatable bonds is 6. The second-order valence-corrected chi connectivity index (χ2v) is 6.81. The second kappa shape index (κ2) is 9.54. The van der Waals surface area contributed by atoms with Crippen LogP contribution in [-0.2, 0) is 14.3 Å². The first kappa shape index (κ1) is 18.6. The van der Waals surface area contributed by atoms with Crippen LogP contribution in [0.4, 0.5) is 4.79 Å². The van der Waals surface area contributed by atoms with Crippen LogP contribution in [-0.4, -0.2) is 36.3 Å². The summed E-state index contributed by atoms with van der Waals surface area (Å²) >= 11 is 7.21. The van der Waals surface area contributed by atoms with Gasteiger partial charge in [0.1, 0.15) is 0 Å². The fourth-order valence-corrected chi connectivity index (χ4v) is 3.38. The summed E-state index contributed by atoms with van der Waals surface area (Å²) in [6.45, 7) is -0.486. The summed E-state index contributed by atoms with van der Waals surface area (Å²) in [5.74, 6) is -1.17. The molecule has 0 atom stereocenters. The first-order valence-electron chi connectivity index (χ1n) is 7.68. The van der Waals surface area contributed by atoms with Crippen LogP contribution in [0, 0.1) is 0 Å². The second-order valence-electron chi connectivity index (χ2n) is 5.38. The number of carbonyl (C=O) groups excluding carboxylic acids is 3. The van der Waals surface area contributed by atoms with Gasteiger partial charge in [-0.25, -0.2) is 4.79 Å². The summed E-state index contributed by atoms with van der Waals surface area (Å²) in [5.41, 5.74) is 0. The fourth-order valence-electron chi connectivity index (χ4n) is 2.34. The minimum atomic E-state index is -0.651.